The Morgan fingerprint density at radius 1 is 1.03 bits per heavy atom. The highest BCUT2D eigenvalue weighted by molar-refractivity contribution is 5.80. The van der Waals surface area contributed by atoms with E-state index in [9.17, 15) is 9.59 Å². The molecule has 0 aliphatic rings. The van der Waals surface area contributed by atoms with Gasteiger partial charge >= 0.3 is 5.69 Å². The molecule has 1 N–H and O–H groups in total. The molecule has 0 saturated heterocycles. The van der Waals surface area contributed by atoms with Gasteiger partial charge in [-0.15, -0.1) is 10.2 Å². The molecule has 0 atom stereocenters. The standard InChI is InChI=1S/C27H32N6O2/c1-18(2)10-15-23-24(17-34)33(27(3,4)5)26(35)32(23)16-19-11-13-20(14-12-19)21-8-6-7-9-22(21)25-28-30-31-29-25/h6-9,11-14,17-18H,10,15-16H2,1-5H3,(H,28,29,30,31). The number of tetrazole rings is 1. The Kier molecular flexibility index (Phi) is 6.82. The van der Waals surface area contributed by atoms with E-state index < -0.39 is 5.54 Å². The van der Waals surface area contributed by atoms with E-state index in [-0.39, 0.29) is 5.69 Å². The van der Waals surface area contributed by atoms with Crippen LogP contribution in [0.1, 0.15) is 62.8 Å². The number of carbonyl (C=O) groups is 1. The van der Waals surface area contributed by atoms with Crippen molar-refractivity contribution in [2.75, 3.05) is 0 Å². The van der Waals surface area contributed by atoms with Crippen molar-refractivity contribution < 1.29 is 4.79 Å². The molecule has 0 aliphatic carbocycles. The molecule has 182 valence electrons. The maximum Gasteiger partial charge on any atom is 0.329 e. The van der Waals surface area contributed by atoms with Gasteiger partial charge in [0.2, 0.25) is 5.82 Å². The van der Waals surface area contributed by atoms with E-state index in [1.807, 2.05) is 69.3 Å². The summed E-state index contributed by atoms with van der Waals surface area (Å²) in [5, 5.41) is 14.4. The number of carbonyl (C=O) groups excluding carboxylic acids is 1. The third-order valence-corrected chi connectivity index (χ3v) is 6.14. The second kappa shape index (κ2) is 9.82. The number of aromatic amines is 1. The lowest BCUT2D eigenvalue weighted by Crippen LogP contribution is -2.36. The van der Waals surface area contributed by atoms with Crippen LogP contribution in [0.15, 0.2) is 53.3 Å². The van der Waals surface area contributed by atoms with Crippen LogP contribution in [0.3, 0.4) is 0 Å². The van der Waals surface area contributed by atoms with Crippen LogP contribution in [0.4, 0.5) is 0 Å². The van der Waals surface area contributed by atoms with Crippen LogP contribution in [0.2, 0.25) is 0 Å². The van der Waals surface area contributed by atoms with Crippen LogP contribution >= 0.6 is 0 Å². The topological polar surface area (TPSA) is 98.5 Å². The van der Waals surface area contributed by atoms with Crippen molar-refractivity contribution in [2.45, 2.75) is 59.5 Å². The Balaban J connectivity index is 1.71. The molecule has 2 heterocycles. The Morgan fingerprint density at radius 3 is 2.29 bits per heavy atom. The lowest BCUT2D eigenvalue weighted by atomic mass is 9.98. The Morgan fingerprint density at radius 2 is 1.71 bits per heavy atom. The first-order valence-corrected chi connectivity index (χ1v) is 11.9. The van der Waals surface area contributed by atoms with E-state index >= 15 is 0 Å². The zero-order valence-corrected chi connectivity index (χ0v) is 20.9. The molecule has 2 aromatic carbocycles. The van der Waals surface area contributed by atoms with Crippen molar-refractivity contribution in [1.29, 1.82) is 0 Å². The van der Waals surface area contributed by atoms with Gasteiger partial charge in [0.05, 0.1) is 12.2 Å². The third-order valence-electron chi connectivity index (χ3n) is 6.14. The Bertz CT molecular complexity index is 1360. The number of H-pyrrole nitrogens is 1. The Hall–Kier alpha value is -3.81. The van der Waals surface area contributed by atoms with E-state index in [0.29, 0.717) is 30.4 Å². The molecule has 0 saturated carbocycles. The van der Waals surface area contributed by atoms with Gasteiger partial charge in [-0.3, -0.25) is 13.9 Å². The minimum atomic E-state index is -0.492. The molecular formula is C27H32N6O2. The van der Waals surface area contributed by atoms with Crippen molar-refractivity contribution in [1.82, 2.24) is 29.8 Å². The van der Waals surface area contributed by atoms with Gasteiger partial charge in [0.25, 0.3) is 0 Å². The molecule has 0 radical (unpaired) electrons. The van der Waals surface area contributed by atoms with E-state index in [1.165, 1.54) is 0 Å². The van der Waals surface area contributed by atoms with E-state index in [4.69, 9.17) is 0 Å². The van der Waals surface area contributed by atoms with E-state index in [2.05, 4.69) is 34.5 Å². The summed E-state index contributed by atoms with van der Waals surface area (Å²) in [6, 6.07) is 16.0. The summed E-state index contributed by atoms with van der Waals surface area (Å²) in [5.74, 6) is 1.01. The summed E-state index contributed by atoms with van der Waals surface area (Å²) >= 11 is 0. The van der Waals surface area contributed by atoms with Crippen LogP contribution in [0.25, 0.3) is 22.5 Å². The first-order chi connectivity index (χ1) is 16.7. The number of aldehydes is 1. The fourth-order valence-electron chi connectivity index (χ4n) is 4.41. The number of hydrogen-bond acceptors (Lipinski definition) is 5. The Labute approximate surface area is 205 Å². The summed E-state index contributed by atoms with van der Waals surface area (Å²) in [6.07, 6.45) is 2.41. The molecule has 8 heteroatoms. The van der Waals surface area contributed by atoms with Crippen molar-refractivity contribution in [3.8, 4) is 22.5 Å². The summed E-state index contributed by atoms with van der Waals surface area (Å²) < 4.78 is 3.39. The first-order valence-electron chi connectivity index (χ1n) is 11.9. The second-order valence-corrected chi connectivity index (χ2v) is 10.2. The minimum Gasteiger partial charge on any atom is -0.296 e. The monoisotopic (exact) mass is 472 g/mol. The van der Waals surface area contributed by atoms with Gasteiger partial charge in [-0.25, -0.2) is 4.79 Å². The smallest absolute Gasteiger partial charge is 0.296 e. The summed E-state index contributed by atoms with van der Waals surface area (Å²) in [6.45, 7) is 10.6. The average Bonchev–Trinajstić information content (AvgIpc) is 3.45. The van der Waals surface area contributed by atoms with Gasteiger partial charge in [0, 0.05) is 11.1 Å². The van der Waals surface area contributed by atoms with Gasteiger partial charge in [0.1, 0.15) is 5.69 Å². The van der Waals surface area contributed by atoms with Crippen LogP contribution < -0.4 is 5.69 Å². The molecule has 4 aromatic rings. The lowest BCUT2D eigenvalue weighted by molar-refractivity contribution is 0.110. The summed E-state index contributed by atoms with van der Waals surface area (Å²) in [7, 11) is 0. The van der Waals surface area contributed by atoms with Gasteiger partial charge in [0.15, 0.2) is 6.29 Å². The molecule has 0 fully saturated rings. The molecule has 0 amide bonds. The number of aromatic nitrogens is 6. The van der Waals surface area contributed by atoms with Gasteiger partial charge in [-0.05, 0) is 61.4 Å². The van der Waals surface area contributed by atoms with Crippen molar-refractivity contribution in [2.24, 2.45) is 5.92 Å². The third kappa shape index (κ3) is 5.01. The molecule has 2 aromatic heterocycles. The van der Waals surface area contributed by atoms with Crippen molar-refractivity contribution >= 4 is 6.29 Å². The van der Waals surface area contributed by atoms with Gasteiger partial charge in [-0.1, -0.05) is 62.4 Å². The number of benzene rings is 2. The molecule has 0 aliphatic heterocycles. The lowest BCUT2D eigenvalue weighted by Gasteiger charge is -2.21. The van der Waals surface area contributed by atoms with Crippen LogP contribution in [0.5, 0.6) is 0 Å². The number of nitrogens with zero attached hydrogens (tertiary/aromatic N) is 5. The fourth-order valence-corrected chi connectivity index (χ4v) is 4.41. The largest absolute Gasteiger partial charge is 0.329 e. The van der Waals surface area contributed by atoms with E-state index in [0.717, 1.165) is 40.7 Å². The number of nitrogens with one attached hydrogen (secondary N) is 1. The molecular weight excluding hydrogens is 440 g/mol. The number of rotatable bonds is 8. The van der Waals surface area contributed by atoms with Crippen molar-refractivity contribution in [3.05, 3.63) is 76.0 Å². The van der Waals surface area contributed by atoms with Gasteiger partial charge in [-0.2, -0.15) is 5.21 Å². The van der Waals surface area contributed by atoms with E-state index in [1.54, 1.807) is 9.13 Å². The molecule has 4 rings (SSSR count). The maximum absolute atomic E-state index is 13.5. The van der Waals surface area contributed by atoms with Crippen LogP contribution in [0, 0.1) is 5.92 Å². The average molecular weight is 473 g/mol. The summed E-state index contributed by atoms with van der Waals surface area (Å²) in [4.78, 5) is 25.6. The highest BCUT2D eigenvalue weighted by Gasteiger charge is 2.26. The molecule has 0 spiro atoms. The predicted octanol–water partition coefficient (Wildman–Crippen LogP) is 4.70. The molecule has 8 nitrogen and oxygen atoms in total. The number of imidazole rings is 1. The maximum atomic E-state index is 13.5. The second-order valence-electron chi connectivity index (χ2n) is 10.2. The molecule has 0 bridgehead atoms. The van der Waals surface area contributed by atoms with Gasteiger partial charge < -0.3 is 0 Å². The highest BCUT2D eigenvalue weighted by atomic mass is 16.2. The van der Waals surface area contributed by atoms with Crippen LogP contribution in [-0.2, 0) is 18.5 Å². The SMILES string of the molecule is CC(C)CCc1c(C=O)n(C(C)(C)C)c(=O)n1Cc1ccc(-c2ccccc2-c2nn[nH]n2)cc1. The number of hydrogen-bond donors (Lipinski definition) is 1. The summed E-state index contributed by atoms with van der Waals surface area (Å²) in [5.41, 5.74) is 4.54. The van der Waals surface area contributed by atoms with Crippen molar-refractivity contribution in [3.63, 3.8) is 0 Å². The molecule has 35 heavy (non-hydrogen) atoms. The van der Waals surface area contributed by atoms with Crippen LogP contribution in [-0.4, -0.2) is 36.0 Å². The zero-order valence-electron chi connectivity index (χ0n) is 20.9. The normalized spacial score (nSPS) is 11.8. The molecule has 0 unspecified atom stereocenters. The quantitative estimate of drug-likeness (QED) is 0.375. The first kappa shape index (κ1) is 24.3. The minimum absolute atomic E-state index is 0.148. The zero-order chi connectivity index (χ0) is 25.2. The predicted molar refractivity (Wildman–Crippen MR) is 136 cm³/mol. The fraction of sp³-hybridized carbons (Fsp3) is 0.370. The highest BCUT2D eigenvalue weighted by Crippen LogP contribution is 2.30.